The maximum absolute atomic E-state index is 3.60. The molecule has 0 aromatic heterocycles. The minimum Gasteiger partial charge on any atom is -0.314 e. The molecule has 1 saturated carbocycles. The molecule has 16 heavy (non-hydrogen) atoms. The number of likely N-dealkylation sites (tertiary alicyclic amines) is 1. The molecule has 94 valence electrons. The van der Waals surface area contributed by atoms with E-state index < -0.39 is 0 Å². The highest BCUT2D eigenvalue weighted by molar-refractivity contribution is 4.93. The SMILES string of the molecule is CC(C)NCC1CCC1N1CCCCC1C. The zero-order chi connectivity index (χ0) is 11.5. The second-order valence-electron chi connectivity index (χ2n) is 6.05. The molecule has 0 bridgehead atoms. The van der Waals surface area contributed by atoms with E-state index in [0.717, 1.165) is 18.0 Å². The molecule has 1 aliphatic carbocycles. The number of nitrogens with zero attached hydrogens (tertiary/aromatic N) is 1. The first kappa shape index (κ1) is 12.4. The van der Waals surface area contributed by atoms with Crippen molar-refractivity contribution in [2.45, 2.75) is 71.0 Å². The van der Waals surface area contributed by atoms with E-state index in [1.54, 1.807) is 0 Å². The number of hydrogen-bond donors (Lipinski definition) is 1. The monoisotopic (exact) mass is 224 g/mol. The lowest BCUT2D eigenvalue weighted by Crippen LogP contribution is -2.55. The van der Waals surface area contributed by atoms with E-state index in [0.29, 0.717) is 6.04 Å². The van der Waals surface area contributed by atoms with Gasteiger partial charge in [-0.1, -0.05) is 20.3 Å². The summed E-state index contributed by atoms with van der Waals surface area (Å²) in [5.74, 6) is 0.919. The topological polar surface area (TPSA) is 15.3 Å². The second-order valence-corrected chi connectivity index (χ2v) is 6.05. The van der Waals surface area contributed by atoms with Crippen LogP contribution in [0.25, 0.3) is 0 Å². The fourth-order valence-corrected chi connectivity index (χ4v) is 3.23. The number of nitrogens with one attached hydrogen (secondary N) is 1. The summed E-state index contributed by atoms with van der Waals surface area (Å²) in [6.07, 6.45) is 7.16. The Kier molecular flexibility index (Phi) is 4.26. The van der Waals surface area contributed by atoms with Crippen LogP contribution in [-0.4, -0.2) is 36.1 Å². The van der Waals surface area contributed by atoms with Crippen LogP contribution in [0, 0.1) is 5.92 Å². The van der Waals surface area contributed by atoms with Gasteiger partial charge in [0, 0.05) is 18.1 Å². The molecule has 2 nitrogen and oxygen atoms in total. The van der Waals surface area contributed by atoms with Crippen LogP contribution in [0.15, 0.2) is 0 Å². The van der Waals surface area contributed by atoms with Crippen LogP contribution in [0.2, 0.25) is 0 Å². The van der Waals surface area contributed by atoms with Gasteiger partial charge in [0.2, 0.25) is 0 Å². The van der Waals surface area contributed by atoms with Crippen molar-refractivity contribution in [3.05, 3.63) is 0 Å². The van der Waals surface area contributed by atoms with Crippen LogP contribution in [0.4, 0.5) is 0 Å². The molecule has 2 aliphatic rings. The highest BCUT2D eigenvalue weighted by Gasteiger charge is 2.37. The molecule has 0 aromatic carbocycles. The van der Waals surface area contributed by atoms with Crippen LogP contribution < -0.4 is 5.32 Å². The molecule has 3 unspecified atom stereocenters. The first-order valence-corrected chi connectivity index (χ1v) is 7.17. The minimum atomic E-state index is 0.639. The molecular formula is C14H28N2. The average molecular weight is 224 g/mol. The Hall–Kier alpha value is -0.0800. The second kappa shape index (κ2) is 5.50. The molecule has 0 spiro atoms. The predicted molar refractivity (Wildman–Crippen MR) is 69.7 cm³/mol. The third-order valence-corrected chi connectivity index (χ3v) is 4.45. The van der Waals surface area contributed by atoms with Crippen molar-refractivity contribution in [3.63, 3.8) is 0 Å². The van der Waals surface area contributed by atoms with Crippen LogP contribution in [0.5, 0.6) is 0 Å². The van der Waals surface area contributed by atoms with Gasteiger partial charge in [-0.3, -0.25) is 4.90 Å². The summed E-state index contributed by atoms with van der Waals surface area (Å²) >= 11 is 0. The van der Waals surface area contributed by atoms with Crippen molar-refractivity contribution in [2.24, 2.45) is 5.92 Å². The standard InChI is InChI=1S/C14H28N2/c1-11(2)15-10-13-7-8-14(13)16-9-5-4-6-12(16)3/h11-15H,4-10H2,1-3H3. The van der Waals surface area contributed by atoms with Crippen molar-refractivity contribution in [1.82, 2.24) is 10.2 Å². The molecule has 1 heterocycles. The van der Waals surface area contributed by atoms with Crippen molar-refractivity contribution < 1.29 is 0 Å². The molecule has 2 rings (SSSR count). The van der Waals surface area contributed by atoms with Gasteiger partial charge in [-0.15, -0.1) is 0 Å². The van der Waals surface area contributed by atoms with Crippen LogP contribution in [0.3, 0.4) is 0 Å². The molecule has 0 radical (unpaired) electrons. The lowest BCUT2D eigenvalue weighted by molar-refractivity contribution is 0.0132. The fraction of sp³-hybridized carbons (Fsp3) is 1.00. The van der Waals surface area contributed by atoms with Gasteiger partial charge in [0.25, 0.3) is 0 Å². The zero-order valence-corrected chi connectivity index (χ0v) is 11.2. The van der Waals surface area contributed by atoms with E-state index in [4.69, 9.17) is 0 Å². The van der Waals surface area contributed by atoms with Gasteiger partial charge in [-0.05, 0) is 51.6 Å². The maximum Gasteiger partial charge on any atom is 0.0139 e. The smallest absolute Gasteiger partial charge is 0.0139 e. The Morgan fingerprint density at radius 3 is 2.56 bits per heavy atom. The van der Waals surface area contributed by atoms with Crippen LogP contribution >= 0.6 is 0 Å². The van der Waals surface area contributed by atoms with E-state index in [9.17, 15) is 0 Å². The van der Waals surface area contributed by atoms with Gasteiger partial charge >= 0.3 is 0 Å². The van der Waals surface area contributed by atoms with Crippen molar-refractivity contribution in [3.8, 4) is 0 Å². The van der Waals surface area contributed by atoms with E-state index in [2.05, 4.69) is 31.0 Å². The van der Waals surface area contributed by atoms with Gasteiger partial charge in [0.1, 0.15) is 0 Å². The number of rotatable bonds is 4. The summed E-state index contributed by atoms with van der Waals surface area (Å²) in [6, 6.07) is 2.36. The summed E-state index contributed by atoms with van der Waals surface area (Å²) in [5, 5.41) is 3.60. The van der Waals surface area contributed by atoms with Crippen LogP contribution in [-0.2, 0) is 0 Å². The molecule has 2 heteroatoms. The van der Waals surface area contributed by atoms with Gasteiger partial charge in [-0.2, -0.15) is 0 Å². The summed E-state index contributed by atoms with van der Waals surface area (Å²) < 4.78 is 0. The fourth-order valence-electron chi connectivity index (χ4n) is 3.23. The van der Waals surface area contributed by atoms with Crippen molar-refractivity contribution in [1.29, 1.82) is 0 Å². The molecule has 1 N–H and O–H groups in total. The summed E-state index contributed by atoms with van der Waals surface area (Å²) in [4.78, 5) is 2.79. The van der Waals surface area contributed by atoms with E-state index in [-0.39, 0.29) is 0 Å². The lowest BCUT2D eigenvalue weighted by atomic mass is 9.77. The summed E-state index contributed by atoms with van der Waals surface area (Å²) in [6.45, 7) is 9.49. The zero-order valence-electron chi connectivity index (χ0n) is 11.2. The van der Waals surface area contributed by atoms with Crippen LogP contribution in [0.1, 0.15) is 52.9 Å². The molecule has 2 fully saturated rings. The van der Waals surface area contributed by atoms with Crippen molar-refractivity contribution in [2.75, 3.05) is 13.1 Å². The van der Waals surface area contributed by atoms with E-state index in [1.807, 2.05) is 0 Å². The lowest BCUT2D eigenvalue weighted by Gasteiger charge is -2.49. The summed E-state index contributed by atoms with van der Waals surface area (Å²) in [7, 11) is 0. The van der Waals surface area contributed by atoms with Gasteiger partial charge in [-0.25, -0.2) is 0 Å². The van der Waals surface area contributed by atoms with E-state index in [1.165, 1.54) is 45.2 Å². The Morgan fingerprint density at radius 1 is 1.19 bits per heavy atom. The van der Waals surface area contributed by atoms with Gasteiger partial charge in [0.15, 0.2) is 0 Å². The Balaban J connectivity index is 1.80. The largest absolute Gasteiger partial charge is 0.314 e. The molecule has 1 aliphatic heterocycles. The number of piperidine rings is 1. The Bertz CT molecular complexity index is 215. The quantitative estimate of drug-likeness (QED) is 0.790. The Labute approximate surface area is 101 Å². The normalized spacial score (nSPS) is 36.4. The highest BCUT2D eigenvalue weighted by Crippen LogP contribution is 2.35. The molecule has 3 atom stereocenters. The average Bonchev–Trinajstić information content (AvgIpc) is 2.19. The third kappa shape index (κ3) is 2.78. The van der Waals surface area contributed by atoms with Crippen molar-refractivity contribution >= 4 is 0 Å². The Morgan fingerprint density at radius 2 is 2.00 bits per heavy atom. The first-order chi connectivity index (χ1) is 7.68. The maximum atomic E-state index is 3.60. The van der Waals surface area contributed by atoms with Gasteiger partial charge < -0.3 is 5.32 Å². The minimum absolute atomic E-state index is 0.639. The molecule has 0 aromatic rings. The highest BCUT2D eigenvalue weighted by atomic mass is 15.2. The first-order valence-electron chi connectivity index (χ1n) is 7.17. The summed E-state index contributed by atoms with van der Waals surface area (Å²) in [5.41, 5.74) is 0. The van der Waals surface area contributed by atoms with Gasteiger partial charge in [0.05, 0.1) is 0 Å². The molecule has 1 saturated heterocycles. The molecular weight excluding hydrogens is 196 g/mol. The predicted octanol–water partition coefficient (Wildman–Crippen LogP) is 2.64. The number of hydrogen-bond acceptors (Lipinski definition) is 2. The third-order valence-electron chi connectivity index (χ3n) is 4.45. The molecule has 0 amide bonds. The van der Waals surface area contributed by atoms with E-state index >= 15 is 0 Å².